The highest BCUT2D eigenvalue weighted by molar-refractivity contribution is 7.99. The topological polar surface area (TPSA) is 99.4 Å². The summed E-state index contributed by atoms with van der Waals surface area (Å²) in [4.78, 5) is 26.3. The molecular formula is C32H28Cl2N4O4S2. The summed E-state index contributed by atoms with van der Waals surface area (Å²) in [6.07, 6.45) is 5.32. The van der Waals surface area contributed by atoms with Crippen LogP contribution in [-0.4, -0.2) is 50.0 Å². The molecule has 5 aromatic rings. The molecule has 0 aliphatic rings. The van der Waals surface area contributed by atoms with Crippen LogP contribution in [0.25, 0.3) is 34.0 Å². The largest absolute Gasteiger partial charge is 0.489 e. The molecule has 0 spiro atoms. The molecule has 1 unspecified atom stereocenters. The lowest BCUT2D eigenvalue weighted by molar-refractivity contribution is -0.142. The standard InChI is InChI=1S/C32H28Cl2N4O4S2/c1-4-41-31(39)29(43-2)21-16-23(33)26(24(34)17-21)30-37-27(25-13-14-35-32(36-25)44-3)28(38(30)40)20-11-8-12-22(15-20)42-18-19-9-6-5-7-10-19/h5-17,29,40H,4,18H2,1-3H3. The average molecular weight is 668 g/mol. The molecule has 44 heavy (non-hydrogen) atoms. The molecule has 8 nitrogen and oxygen atoms in total. The van der Waals surface area contributed by atoms with E-state index in [-0.39, 0.29) is 22.5 Å². The smallest absolute Gasteiger partial charge is 0.323 e. The fraction of sp³-hybridized carbons (Fsp3) is 0.188. The van der Waals surface area contributed by atoms with Crippen LogP contribution in [0.15, 0.2) is 84.1 Å². The molecule has 0 radical (unpaired) electrons. The first-order valence-corrected chi connectivity index (χ1v) is 16.8. The second-order valence-corrected chi connectivity index (χ2v) is 11.9. The van der Waals surface area contributed by atoms with Crippen LogP contribution < -0.4 is 4.74 Å². The summed E-state index contributed by atoms with van der Waals surface area (Å²) in [5, 5.41) is 12.0. The summed E-state index contributed by atoms with van der Waals surface area (Å²) in [6.45, 7) is 2.38. The van der Waals surface area contributed by atoms with Crippen molar-refractivity contribution in [2.45, 2.75) is 23.9 Å². The van der Waals surface area contributed by atoms with Gasteiger partial charge in [0.05, 0.1) is 27.9 Å². The maximum absolute atomic E-state index is 12.6. The summed E-state index contributed by atoms with van der Waals surface area (Å²) >= 11 is 16.3. The second kappa shape index (κ2) is 14.4. The van der Waals surface area contributed by atoms with Gasteiger partial charge in [-0.1, -0.05) is 77.4 Å². The zero-order valence-corrected chi connectivity index (χ0v) is 27.2. The molecule has 1 N–H and O–H groups in total. The molecule has 12 heteroatoms. The molecule has 226 valence electrons. The third kappa shape index (κ3) is 6.83. The predicted molar refractivity (Wildman–Crippen MR) is 177 cm³/mol. The molecule has 3 aromatic carbocycles. The first-order valence-electron chi connectivity index (χ1n) is 13.5. The van der Waals surface area contributed by atoms with Crippen molar-refractivity contribution in [3.05, 3.63) is 100 Å². The molecule has 0 saturated heterocycles. The number of thioether (sulfide) groups is 2. The maximum Gasteiger partial charge on any atom is 0.323 e. The average Bonchev–Trinajstić information content (AvgIpc) is 3.37. The highest BCUT2D eigenvalue weighted by Crippen LogP contribution is 2.43. The van der Waals surface area contributed by atoms with Gasteiger partial charge >= 0.3 is 5.97 Å². The van der Waals surface area contributed by atoms with Crippen LogP contribution in [0.2, 0.25) is 10.0 Å². The van der Waals surface area contributed by atoms with Crippen LogP contribution in [0.1, 0.15) is 23.3 Å². The molecule has 2 heterocycles. The number of esters is 1. The third-order valence-corrected chi connectivity index (χ3v) is 8.69. The van der Waals surface area contributed by atoms with Gasteiger partial charge in [0.2, 0.25) is 0 Å². The highest BCUT2D eigenvalue weighted by Gasteiger charge is 2.28. The molecule has 0 amide bonds. The zero-order valence-electron chi connectivity index (χ0n) is 24.0. The Balaban J connectivity index is 1.62. The Kier molecular flexibility index (Phi) is 10.4. The van der Waals surface area contributed by atoms with E-state index in [1.54, 1.807) is 37.6 Å². The molecule has 0 fully saturated rings. The number of carbonyl (C=O) groups is 1. The van der Waals surface area contributed by atoms with E-state index in [9.17, 15) is 10.0 Å². The molecular weight excluding hydrogens is 639 g/mol. The Bertz CT molecular complexity index is 1760. The summed E-state index contributed by atoms with van der Waals surface area (Å²) in [6, 6.07) is 22.2. The minimum Gasteiger partial charge on any atom is -0.489 e. The third-order valence-electron chi connectivity index (χ3n) is 6.60. The van der Waals surface area contributed by atoms with Crippen molar-refractivity contribution >= 4 is 52.7 Å². The van der Waals surface area contributed by atoms with Gasteiger partial charge in [-0.2, -0.15) is 4.73 Å². The van der Waals surface area contributed by atoms with Crippen LogP contribution in [0, 0.1) is 0 Å². The lowest BCUT2D eigenvalue weighted by atomic mass is 10.1. The van der Waals surface area contributed by atoms with Gasteiger partial charge in [-0.15, -0.1) is 11.8 Å². The number of rotatable bonds is 11. The number of ether oxygens (including phenoxy) is 2. The number of carbonyl (C=O) groups excluding carboxylic acids is 1. The molecule has 1 atom stereocenters. The van der Waals surface area contributed by atoms with E-state index < -0.39 is 11.2 Å². The molecule has 0 aliphatic carbocycles. The Morgan fingerprint density at radius 2 is 1.75 bits per heavy atom. The predicted octanol–water partition coefficient (Wildman–Crippen LogP) is 8.49. The van der Waals surface area contributed by atoms with Gasteiger partial charge in [-0.05, 0) is 60.9 Å². The van der Waals surface area contributed by atoms with Crippen LogP contribution >= 0.6 is 46.7 Å². The van der Waals surface area contributed by atoms with E-state index in [0.717, 1.165) is 10.3 Å². The fourth-order valence-electron chi connectivity index (χ4n) is 4.60. The number of hydrogen-bond acceptors (Lipinski definition) is 9. The molecule has 5 rings (SSSR count). The van der Waals surface area contributed by atoms with Gasteiger partial charge in [0.15, 0.2) is 11.0 Å². The Morgan fingerprint density at radius 1 is 1.00 bits per heavy atom. The van der Waals surface area contributed by atoms with Crippen molar-refractivity contribution in [3.63, 3.8) is 0 Å². The first kappa shape index (κ1) is 31.7. The lowest BCUT2D eigenvalue weighted by Crippen LogP contribution is -2.13. The quantitative estimate of drug-likeness (QED) is 0.0644. The zero-order chi connectivity index (χ0) is 31.2. The van der Waals surface area contributed by atoms with E-state index in [1.165, 1.54) is 23.5 Å². The maximum atomic E-state index is 12.6. The van der Waals surface area contributed by atoms with Crippen molar-refractivity contribution in [1.82, 2.24) is 19.7 Å². The van der Waals surface area contributed by atoms with Crippen molar-refractivity contribution in [2.24, 2.45) is 0 Å². The van der Waals surface area contributed by atoms with E-state index in [4.69, 9.17) is 37.7 Å². The van der Waals surface area contributed by atoms with Crippen LogP contribution in [-0.2, 0) is 16.1 Å². The number of aromatic nitrogens is 4. The molecule has 0 bridgehead atoms. The minimum absolute atomic E-state index is 0.105. The summed E-state index contributed by atoms with van der Waals surface area (Å²) in [5.41, 5.74) is 3.78. The van der Waals surface area contributed by atoms with Gasteiger partial charge in [-0.3, -0.25) is 4.79 Å². The fourth-order valence-corrected chi connectivity index (χ4v) is 6.30. The summed E-state index contributed by atoms with van der Waals surface area (Å²) in [5.74, 6) is 0.319. The molecule has 0 saturated carbocycles. The second-order valence-electron chi connectivity index (χ2n) is 9.40. The van der Waals surface area contributed by atoms with E-state index in [0.29, 0.717) is 51.3 Å². The highest BCUT2D eigenvalue weighted by atomic mass is 35.5. The number of benzene rings is 3. The van der Waals surface area contributed by atoms with Crippen LogP contribution in [0.4, 0.5) is 0 Å². The normalized spacial score (nSPS) is 11.8. The van der Waals surface area contributed by atoms with Crippen molar-refractivity contribution < 1.29 is 19.5 Å². The Hall–Kier alpha value is -3.70. The van der Waals surface area contributed by atoms with Gasteiger partial charge in [-0.25, -0.2) is 15.0 Å². The van der Waals surface area contributed by atoms with Crippen molar-refractivity contribution in [3.8, 4) is 39.8 Å². The van der Waals surface area contributed by atoms with Gasteiger partial charge < -0.3 is 14.7 Å². The number of hydrogen-bond donors (Lipinski definition) is 1. The minimum atomic E-state index is -0.622. The van der Waals surface area contributed by atoms with E-state index in [1.807, 2.05) is 60.9 Å². The molecule has 2 aromatic heterocycles. The molecule has 0 aliphatic heterocycles. The monoisotopic (exact) mass is 666 g/mol. The van der Waals surface area contributed by atoms with Crippen molar-refractivity contribution in [1.29, 1.82) is 0 Å². The Morgan fingerprint density at radius 3 is 2.43 bits per heavy atom. The number of nitrogens with zero attached hydrogens (tertiary/aromatic N) is 4. The first-order chi connectivity index (χ1) is 21.3. The van der Waals surface area contributed by atoms with Crippen LogP contribution in [0.5, 0.6) is 5.75 Å². The van der Waals surface area contributed by atoms with E-state index in [2.05, 4.69) is 9.97 Å². The summed E-state index contributed by atoms with van der Waals surface area (Å²) in [7, 11) is 0. The number of imidazole rings is 1. The van der Waals surface area contributed by atoms with Crippen molar-refractivity contribution in [2.75, 3.05) is 19.1 Å². The summed E-state index contributed by atoms with van der Waals surface area (Å²) < 4.78 is 12.2. The van der Waals surface area contributed by atoms with Gasteiger partial charge in [0, 0.05) is 11.8 Å². The SMILES string of the molecule is CCOC(=O)C(SC)c1cc(Cl)c(-c2nc(-c3ccnc(SC)n3)c(-c3cccc(OCc4ccccc4)c3)n2O)c(Cl)c1. The Labute approximate surface area is 273 Å². The van der Waals surface area contributed by atoms with Gasteiger partial charge in [0.25, 0.3) is 0 Å². The lowest BCUT2D eigenvalue weighted by Gasteiger charge is -2.16. The number of halogens is 2. The van der Waals surface area contributed by atoms with E-state index >= 15 is 0 Å². The van der Waals surface area contributed by atoms with Crippen LogP contribution in [0.3, 0.4) is 0 Å². The van der Waals surface area contributed by atoms with Gasteiger partial charge in [0.1, 0.15) is 29.0 Å².